The number of ketones is 1. The van der Waals surface area contributed by atoms with Crippen molar-refractivity contribution >= 4 is 11.7 Å². The molecule has 1 aliphatic heterocycles. The summed E-state index contributed by atoms with van der Waals surface area (Å²) in [4.78, 5) is 27.7. The molecule has 3 nitrogen and oxygen atoms in total. The smallest absolute Gasteiger partial charge is 0.255 e. The van der Waals surface area contributed by atoms with Gasteiger partial charge in [-0.15, -0.1) is 0 Å². The second-order valence-corrected chi connectivity index (χ2v) is 6.61. The van der Waals surface area contributed by atoms with Gasteiger partial charge in [-0.2, -0.15) is 0 Å². The Morgan fingerprint density at radius 1 is 0.731 bits per heavy atom. The average molecular weight is 341 g/mol. The molecular weight excluding hydrogens is 322 g/mol. The van der Waals surface area contributed by atoms with Gasteiger partial charge in [0.15, 0.2) is 5.78 Å². The Morgan fingerprint density at radius 3 is 1.92 bits per heavy atom. The molecule has 0 radical (unpaired) electrons. The minimum absolute atomic E-state index is 0.0140. The lowest BCUT2D eigenvalue weighted by molar-refractivity contribution is 0.0833. The molecule has 0 bridgehead atoms. The molecule has 0 unspecified atom stereocenters. The summed E-state index contributed by atoms with van der Waals surface area (Å²) < 4.78 is 0. The Bertz CT molecular complexity index is 933. The van der Waals surface area contributed by atoms with Crippen LogP contribution in [0.5, 0.6) is 0 Å². The molecule has 1 amide bonds. The molecule has 2 atom stereocenters. The number of hydrogen-bond acceptors (Lipinski definition) is 2. The fourth-order valence-corrected chi connectivity index (χ4v) is 3.37. The predicted octanol–water partition coefficient (Wildman–Crippen LogP) is 4.44. The number of carbonyl (C=O) groups is 2. The van der Waals surface area contributed by atoms with Gasteiger partial charge in [0.1, 0.15) is 6.04 Å². The highest BCUT2D eigenvalue weighted by molar-refractivity contribution is 6.08. The third kappa shape index (κ3) is 2.92. The molecule has 4 rings (SSSR count). The van der Waals surface area contributed by atoms with Crippen molar-refractivity contribution in [2.45, 2.75) is 19.0 Å². The van der Waals surface area contributed by atoms with E-state index >= 15 is 0 Å². The first-order chi connectivity index (χ1) is 12.7. The third-order valence-corrected chi connectivity index (χ3v) is 4.81. The van der Waals surface area contributed by atoms with E-state index in [1.807, 2.05) is 79.7 Å². The van der Waals surface area contributed by atoms with Crippen molar-refractivity contribution in [1.29, 1.82) is 0 Å². The summed E-state index contributed by atoms with van der Waals surface area (Å²) in [6.45, 7) is 1.99. The zero-order chi connectivity index (χ0) is 18.1. The van der Waals surface area contributed by atoms with E-state index in [0.29, 0.717) is 11.1 Å². The highest BCUT2D eigenvalue weighted by Gasteiger charge is 2.56. The maximum absolute atomic E-state index is 13.0. The molecule has 0 saturated carbocycles. The number of amides is 1. The van der Waals surface area contributed by atoms with Crippen molar-refractivity contribution < 1.29 is 9.59 Å². The molecule has 0 aromatic heterocycles. The standard InChI is InChI=1S/C23H19NO2/c1-16-12-14-19(15-13-16)23(26)24-20(17-8-4-2-5-9-17)21(24)22(25)18-10-6-3-7-11-18/h2-15,20-21H,1H3/t20-,21+,24?/m1/s1. The first kappa shape index (κ1) is 16.3. The minimum atomic E-state index is -0.450. The molecule has 0 aliphatic carbocycles. The van der Waals surface area contributed by atoms with Gasteiger partial charge in [0, 0.05) is 11.1 Å². The van der Waals surface area contributed by atoms with Gasteiger partial charge >= 0.3 is 0 Å². The summed E-state index contributed by atoms with van der Waals surface area (Å²) in [5.74, 6) is -0.118. The first-order valence-corrected chi connectivity index (χ1v) is 8.70. The number of Topliss-reactive ketones (excluding diaryl/α,β-unsaturated/α-hetero) is 1. The maximum atomic E-state index is 13.0. The minimum Gasteiger partial charge on any atom is -0.316 e. The van der Waals surface area contributed by atoms with Gasteiger partial charge < -0.3 is 4.90 Å². The van der Waals surface area contributed by atoms with Crippen LogP contribution in [0.3, 0.4) is 0 Å². The summed E-state index contributed by atoms with van der Waals surface area (Å²) in [7, 11) is 0. The second-order valence-electron chi connectivity index (χ2n) is 6.61. The summed E-state index contributed by atoms with van der Waals surface area (Å²) in [5.41, 5.74) is 3.34. The van der Waals surface area contributed by atoms with E-state index in [4.69, 9.17) is 0 Å². The Morgan fingerprint density at radius 2 is 1.31 bits per heavy atom. The molecule has 1 fully saturated rings. The Kier molecular flexibility index (Phi) is 4.13. The Hall–Kier alpha value is -3.20. The Labute approximate surface area is 152 Å². The molecule has 1 heterocycles. The topological polar surface area (TPSA) is 37.1 Å². The van der Waals surface area contributed by atoms with Crippen LogP contribution in [0.1, 0.15) is 37.9 Å². The van der Waals surface area contributed by atoms with Crippen molar-refractivity contribution in [1.82, 2.24) is 4.90 Å². The zero-order valence-corrected chi connectivity index (χ0v) is 14.5. The first-order valence-electron chi connectivity index (χ1n) is 8.70. The van der Waals surface area contributed by atoms with E-state index in [-0.39, 0.29) is 17.7 Å². The maximum Gasteiger partial charge on any atom is 0.255 e. The van der Waals surface area contributed by atoms with Crippen LogP contribution in [0.25, 0.3) is 0 Å². The van der Waals surface area contributed by atoms with Crippen molar-refractivity contribution in [3.05, 3.63) is 107 Å². The summed E-state index contributed by atoms with van der Waals surface area (Å²) in [6, 6.07) is 25.8. The summed E-state index contributed by atoms with van der Waals surface area (Å²) in [5, 5.41) is 0. The summed E-state index contributed by atoms with van der Waals surface area (Å²) >= 11 is 0. The molecule has 0 N–H and O–H groups in total. The molecule has 3 aromatic carbocycles. The zero-order valence-electron chi connectivity index (χ0n) is 14.5. The molecule has 26 heavy (non-hydrogen) atoms. The van der Waals surface area contributed by atoms with Gasteiger partial charge in [-0.1, -0.05) is 78.4 Å². The molecule has 1 aliphatic rings. The van der Waals surface area contributed by atoms with Crippen LogP contribution in [0.4, 0.5) is 0 Å². The van der Waals surface area contributed by atoms with Crippen LogP contribution in [-0.4, -0.2) is 22.6 Å². The lowest BCUT2D eigenvalue weighted by Crippen LogP contribution is -2.19. The third-order valence-electron chi connectivity index (χ3n) is 4.81. The lowest BCUT2D eigenvalue weighted by atomic mass is 10.0. The van der Waals surface area contributed by atoms with E-state index < -0.39 is 6.04 Å². The lowest BCUT2D eigenvalue weighted by Gasteiger charge is -2.06. The van der Waals surface area contributed by atoms with Gasteiger partial charge in [-0.25, -0.2) is 0 Å². The molecule has 1 saturated heterocycles. The molecule has 0 spiro atoms. The van der Waals surface area contributed by atoms with Crippen LogP contribution in [0.15, 0.2) is 84.9 Å². The molecule has 128 valence electrons. The van der Waals surface area contributed by atoms with Gasteiger partial charge in [0.25, 0.3) is 5.91 Å². The monoisotopic (exact) mass is 341 g/mol. The van der Waals surface area contributed by atoms with Crippen molar-refractivity contribution in [2.24, 2.45) is 0 Å². The number of benzene rings is 3. The highest BCUT2D eigenvalue weighted by Crippen LogP contribution is 2.45. The SMILES string of the molecule is Cc1ccc(C(=O)N2[C@H](C(=O)c3ccccc3)[C@H]2c2ccccc2)cc1. The van der Waals surface area contributed by atoms with E-state index in [0.717, 1.165) is 11.1 Å². The number of aryl methyl sites for hydroxylation is 1. The molecule has 3 heteroatoms. The van der Waals surface area contributed by atoms with E-state index in [1.165, 1.54) is 0 Å². The fourth-order valence-electron chi connectivity index (χ4n) is 3.37. The average Bonchev–Trinajstić information content (AvgIpc) is 3.44. The second kappa shape index (κ2) is 6.60. The Balaban J connectivity index is 1.67. The van der Waals surface area contributed by atoms with Gasteiger partial charge in [-0.3, -0.25) is 9.59 Å². The van der Waals surface area contributed by atoms with Crippen molar-refractivity contribution in [2.75, 3.05) is 0 Å². The van der Waals surface area contributed by atoms with Crippen molar-refractivity contribution in [3.8, 4) is 0 Å². The number of rotatable bonds is 4. The van der Waals surface area contributed by atoms with Gasteiger partial charge in [0.2, 0.25) is 0 Å². The van der Waals surface area contributed by atoms with E-state index in [1.54, 1.807) is 17.0 Å². The van der Waals surface area contributed by atoms with Crippen LogP contribution in [0, 0.1) is 6.92 Å². The predicted molar refractivity (Wildman–Crippen MR) is 101 cm³/mol. The van der Waals surface area contributed by atoms with Gasteiger partial charge in [-0.05, 0) is 24.6 Å². The van der Waals surface area contributed by atoms with Crippen LogP contribution in [-0.2, 0) is 0 Å². The molecular formula is C23H19NO2. The largest absolute Gasteiger partial charge is 0.316 e. The number of carbonyl (C=O) groups excluding carboxylic acids is 2. The van der Waals surface area contributed by atoms with E-state index in [9.17, 15) is 9.59 Å². The summed E-state index contributed by atoms with van der Waals surface area (Å²) in [6.07, 6.45) is 0. The van der Waals surface area contributed by atoms with Crippen LogP contribution >= 0.6 is 0 Å². The van der Waals surface area contributed by atoms with E-state index in [2.05, 4.69) is 0 Å². The number of nitrogens with zero attached hydrogens (tertiary/aromatic N) is 1. The van der Waals surface area contributed by atoms with Crippen LogP contribution < -0.4 is 0 Å². The van der Waals surface area contributed by atoms with Gasteiger partial charge in [0.05, 0.1) is 6.04 Å². The number of hydrogen-bond donors (Lipinski definition) is 0. The fraction of sp³-hybridized carbons (Fsp3) is 0.130. The quantitative estimate of drug-likeness (QED) is 0.519. The highest BCUT2D eigenvalue weighted by atomic mass is 16.2. The van der Waals surface area contributed by atoms with Crippen LogP contribution in [0.2, 0.25) is 0 Å². The molecule has 3 aromatic rings. The van der Waals surface area contributed by atoms with Crippen molar-refractivity contribution in [3.63, 3.8) is 0 Å². The normalized spacial score (nSPS) is 18.4.